The first-order chi connectivity index (χ1) is 8.54. The van der Waals surface area contributed by atoms with Crippen LogP contribution in [0.1, 0.15) is 18.9 Å². The number of halogens is 3. The Hall–Kier alpha value is -0.900. The second-order valence-corrected chi connectivity index (χ2v) is 5.09. The Morgan fingerprint density at radius 3 is 2.61 bits per heavy atom. The van der Waals surface area contributed by atoms with Gasteiger partial charge in [0.05, 0.1) is 20.8 Å². The third-order valence-corrected chi connectivity index (χ3v) is 3.89. The molecular formula is C12H12Cl3N3. The van der Waals surface area contributed by atoms with Gasteiger partial charge in [-0.3, -0.25) is 0 Å². The van der Waals surface area contributed by atoms with E-state index >= 15 is 0 Å². The number of nitrogen functional groups attached to an aromatic ring is 1. The Morgan fingerprint density at radius 2 is 1.94 bits per heavy atom. The van der Waals surface area contributed by atoms with Gasteiger partial charge in [0.15, 0.2) is 0 Å². The summed E-state index contributed by atoms with van der Waals surface area (Å²) in [6.45, 7) is 2.09. The molecule has 2 N–H and O–H groups in total. The molecule has 0 aliphatic heterocycles. The maximum Gasteiger partial charge on any atom is 0.149 e. The van der Waals surface area contributed by atoms with E-state index in [1.54, 1.807) is 16.8 Å². The molecule has 18 heavy (non-hydrogen) atoms. The van der Waals surface area contributed by atoms with E-state index in [0.717, 1.165) is 18.4 Å². The van der Waals surface area contributed by atoms with Crippen LogP contribution >= 0.6 is 34.8 Å². The van der Waals surface area contributed by atoms with Crippen molar-refractivity contribution in [3.63, 3.8) is 0 Å². The fourth-order valence-electron chi connectivity index (χ4n) is 1.70. The lowest BCUT2D eigenvalue weighted by Gasteiger charge is -2.06. The zero-order valence-electron chi connectivity index (χ0n) is 9.75. The average Bonchev–Trinajstić information content (AvgIpc) is 2.68. The van der Waals surface area contributed by atoms with Crippen LogP contribution in [-0.4, -0.2) is 9.78 Å². The highest BCUT2D eigenvalue weighted by atomic mass is 35.5. The van der Waals surface area contributed by atoms with E-state index in [9.17, 15) is 0 Å². The molecule has 1 aromatic heterocycles. The van der Waals surface area contributed by atoms with Crippen molar-refractivity contribution >= 4 is 40.6 Å². The first kappa shape index (κ1) is 13.5. The minimum absolute atomic E-state index is 0.321. The number of hydrogen-bond donors (Lipinski definition) is 1. The van der Waals surface area contributed by atoms with Crippen molar-refractivity contribution in [2.75, 3.05) is 5.73 Å². The second kappa shape index (κ2) is 5.39. The molecule has 1 heterocycles. The molecule has 96 valence electrons. The summed E-state index contributed by atoms with van der Waals surface area (Å²) in [5.41, 5.74) is 7.52. The van der Waals surface area contributed by atoms with Crippen molar-refractivity contribution in [3.8, 4) is 5.69 Å². The minimum Gasteiger partial charge on any atom is -0.382 e. The molecule has 0 saturated heterocycles. The SMILES string of the molecule is CCCc1cn(-c2ccc(Cl)c(Cl)c2Cl)nc1N. The van der Waals surface area contributed by atoms with Crippen molar-refractivity contribution in [2.24, 2.45) is 0 Å². The van der Waals surface area contributed by atoms with Gasteiger partial charge in [-0.05, 0) is 18.6 Å². The lowest BCUT2D eigenvalue weighted by atomic mass is 10.2. The van der Waals surface area contributed by atoms with Gasteiger partial charge in [0.25, 0.3) is 0 Å². The van der Waals surface area contributed by atoms with Crippen molar-refractivity contribution in [1.29, 1.82) is 0 Å². The summed E-state index contributed by atoms with van der Waals surface area (Å²) in [5.74, 6) is 0.513. The summed E-state index contributed by atoms with van der Waals surface area (Å²) in [6.07, 6.45) is 3.75. The molecule has 0 bridgehead atoms. The molecule has 0 amide bonds. The van der Waals surface area contributed by atoms with Gasteiger partial charge < -0.3 is 5.73 Å². The van der Waals surface area contributed by atoms with Gasteiger partial charge in [-0.15, -0.1) is 0 Å². The number of nitrogens with zero attached hydrogens (tertiary/aromatic N) is 2. The number of anilines is 1. The smallest absolute Gasteiger partial charge is 0.149 e. The van der Waals surface area contributed by atoms with Gasteiger partial charge in [-0.2, -0.15) is 5.10 Å². The van der Waals surface area contributed by atoms with E-state index in [1.165, 1.54) is 0 Å². The Morgan fingerprint density at radius 1 is 1.22 bits per heavy atom. The van der Waals surface area contributed by atoms with Crippen molar-refractivity contribution < 1.29 is 0 Å². The maximum atomic E-state index is 6.15. The van der Waals surface area contributed by atoms with Crippen molar-refractivity contribution in [1.82, 2.24) is 9.78 Å². The molecule has 0 aliphatic rings. The van der Waals surface area contributed by atoms with E-state index < -0.39 is 0 Å². The van der Waals surface area contributed by atoms with Gasteiger partial charge in [-0.25, -0.2) is 4.68 Å². The Bertz CT molecular complexity index is 578. The van der Waals surface area contributed by atoms with Gasteiger partial charge in [-0.1, -0.05) is 48.1 Å². The molecule has 0 unspecified atom stereocenters. The van der Waals surface area contributed by atoms with Crippen LogP contribution in [0.25, 0.3) is 5.69 Å². The summed E-state index contributed by atoms with van der Waals surface area (Å²) >= 11 is 18.0. The van der Waals surface area contributed by atoms with Crippen LogP contribution in [0.15, 0.2) is 18.3 Å². The van der Waals surface area contributed by atoms with Gasteiger partial charge in [0.1, 0.15) is 5.82 Å². The first-order valence-corrected chi connectivity index (χ1v) is 6.65. The van der Waals surface area contributed by atoms with E-state index in [4.69, 9.17) is 40.5 Å². The third-order valence-electron chi connectivity index (χ3n) is 2.60. The monoisotopic (exact) mass is 303 g/mol. The van der Waals surface area contributed by atoms with Gasteiger partial charge in [0, 0.05) is 11.8 Å². The number of nitrogens with two attached hydrogens (primary N) is 1. The van der Waals surface area contributed by atoms with Crippen LogP contribution in [0.3, 0.4) is 0 Å². The molecule has 2 rings (SSSR count). The summed E-state index contributed by atoms with van der Waals surface area (Å²) in [7, 11) is 0. The molecule has 3 nitrogen and oxygen atoms in total. The molecule has 0 saturated carbocycles. The van der Waals surface area contributed by atoms with E-state index in [-0.39, 0.29) is 0 Å². The Labute approximate surface area is 120 Å². The maximum absolute atomic E-state index is 6.15. The summed E-state index contributed by atoms with van der Waals surface area (Å²) in [4.78, 5) is 0. The summed E-state index contributed by atoms with van der Waals surface area (Å²) in [6, 6.07) is 3.45. The standard InChI is InChI=1S/C12H12Cl3N3/c1-2-3-7-6-18(17-12(7)16)9-5-4-8(13)10(14)11(9)15/h4-6H,2-3H2,1H3,(H2,16,17). The van der Waals surface area contributed by atoms with Crippen LogP contribution in [0, 0.1) is 0 Å². The van der Waals surface area contributed by atoms with Crippen LogP contribution in [0.4, 0.5) is 5.82 Å². The fraction of sp³-hybridized carbons (Fsp3) is 0.250. The van der Waals surface area contributed by atoms with Crippen LogP contribution in [-0.2, 0) is 6.42 Å². The van der Waals surface area contributed by atoms with E-state index in [1.807, 2.05) is 6.20 Å². The zero-order chi connectivity index (χ0) is 13.3. The molecule has 0 spiro atoms. The van der Waals surface area contributed by atoms with Crippen LogP contribution < -0.4 is 5.73 Å². The van der Waals surface area contributed by atoms with E-state index in [2.05, 4.69) is 12.0 Å². The molecule has 1 aromatic carbocycles. The average molecular weight is 305 g/mol. The third kappa shape index (κ3) is 2.44. The lowest BCUT2D eigenvalue weighted by Crippen LogP contribution is -1.97. The number of rotatable bonds is 3. The molecule has 0 radical (unpaired) electrons. The highest BCUT2D eigenvalue weighted by Crippen LogP contribution is 2.34. The van der Waals surface area contributed by atoms with E-state index in [0.29, 0.717) is 26.6 Å². The second-order valence-electron chi connectivity index (χ2n) is 3.93. The molecule has 0 aliphatic carbocycles. The molecule has 0 fully saturated rings. The van der Waals surface area contributed by atoms with Crippen LogP contribution in [0.2, 0.25) is 15.1 Å². The number of benzene rings is 1. The normalized spacial score (nSPS) is 10.9. The lowest BCUT2D eigenvalue weighted by molar-refractivity contribution is 0.880. The predicted molar refractivity (Wildman–Crippen MR) is 77.0 cm³/mol. The highest BCUT2D eigenvalue weighted by Gasteiger charge is 2.13. The predicted octanol–water partition coefficient (Wildman–Crippen LogP) is 4.37. The Kier molecular flexibility index (Phi) is 4.05. The topological polar surface area (TPSA) is 43.8 Å². The summed E-state index contributed by atoms with van der Waals surface area (Å²) in [5, 5.41) is 5.35. The Balaban J connectivity index is 2.49. The molecule has 2 aromatic rings. The number of aryl methyl sites for hydroxylation is 1. The van der Waals surface area contributed by atoms with Crippen molar-refractivity contribution in [3.05, 3.63) is 39.0 Å². The summed E-state index contributed by atoms with van der Waals surface area (Å²) < 4.78 is 1.63. The van der Waals surface area contributed by atoms with Crippen LogP contribution in [0.5, 0.6) is 0 Å². The largest absolute Gasteiger partial charge is 0.382 e. The molecular weight excluding hydrogens is 293 g/mol. The molecule has 0 atom stereocenters. The van der Waals surface area contributed by atoms with Gasteiger partial charge >= 0.3 is 0 Å². The zero-order valence-corrected chi connectivity index (χ0v) is 12.0. The number of aromatic nitrogens is 2. The fourth-order valence-corrected chi connectivity index (χ4v) is 2.32. The first-order valence-electron chi connectivity index (χ1n) is 5.52. The molecule has 6 heteroatoms. The van der Waals surface area contributed by atoms with Crippen molar-refractivity contribution in [2.45, 2.75) is 19.8 Å². The van der Waals surface area contributed by atoms with Gasteiger partial charge in [0.2, 0.25) is 0 Å². The minimum atomic E-state index is 0.321. The highest BCUT2D eigenvalue weighted by molar-refractivity contribution is 6.48. The quantitative estimate of drug-likeness (QED) is 0.856. The number of hydrogen-bond acceptors (Lipinski definition) is 2.